The van der Waals surface area contributed by atoms with Gasteiger partial charge in [-0.3, -0.25) is 4.79 Å². The van der Waals surface area contributed by atoms with Gasteiger partial charge in [0.25, 0.3) is 0 Å². The van der Waals surface area contributed by atoms with Gasteiger partial charge in [0.2, 0.25) is 5.91 Å². The van der Waals surface area contributed by atoms with Gasteiger partial charge >= 0.3 is 0 Å². The number of amides is 1. The molecule has 0 bridgehead atoms. The number of rotatable bonds is 4. The first-order chi connectivity index (χ1) is 15.5. The summed E-state index contributed by atoms with van der Waals surface area (Å²) in [7, 11) is 1.64. The number of carbonyl (C=O) groups is 1. The molecule has 1 aliphatic rings. The Morgan fingerprint density at radius 1 is 1.12 bits per heavy atom. The fourth-order valence-corrected chi connectivity index (χ4v) is 4.21. The Balaban J connectivity index is 1.43. The van der Waals surface area contributed by atoms with Gasteiger partial charge in [0.05, 0.1) is 24.7 Å². The molecule has 0 aliphatic carbocycles. The van der Waals surface area contributed by atoms with Gasteiger partial charge < -0.3 is 14.6 Å². The highest BCUT2D eigenvalue weighted by Gasteiger charge is 2.26. The van der Waals surface area contributed by atoms with Crippen LogP contribution in [-0.4, -0.2) is 37.6 Å². The SMILES string of the molecule is COc1cc(-c2cn(C3CCc4ccccc4NC3=O)nn2)ccc1-n1cc(C)nc1C. The summed E-state index contributed by atoms with van der Waals surface area (Å²) in [4.78, 5) is 17.3. The summed E-state index contributed by atoms with van der Waals surface area (Å²) in [5.74, 6) is 1.52. The van der Waals surface area contributed by atoms with Gasteiger partial charge in [-0.25, -0.2) is 9.67 Å². The third-order valence-electron chi connectivity index (χ3n) is 5.83. The molecule has 1 N–H and O–H groups in total. The lowest BCUT2D eigenvalue weighted by Crippen LogP contribution is -2.25. The van der Waals surface area contributed by atoms with Crippen molar-refractivity contribution in [2.45, 2.75) is 32.7 Å². The van der Waals surface area contributed by atoms with E-state index in [-0.39, 0.29) is 5.91 Å². The Labute approximate surface area is 185 Å². The van der Waals surface area contributed by atoms with Crippen molar-refractivity contribution in [3.8, 4) is 22.7 Å². The minimum Gasteiger partial charge on any atom is -0.495 e. The fraction of sp³-hybridized carbons (Fsp3) is 0.250. The van der Waals surface area contributed by atoms with E-state index in [9.17, 15) is 4.79 Å². The molecule has 1 amide bonds. The van der Waals surface area contributed by atoms with Crippen LogP contribution in [0, 0.1) is 13.8 Å². The van der Waals surface area contributed by atoms with Crippen molar-refractivity contribution in [1.29, 1.82) is 0 Å². The van der Waals surface area contributed by atoms with E-state index in [1.807, 2.05) is 73.3 Å². The lowest BCUT2D eigenvalue weighted by molar-refractivity contribution is -0.119. The monoisotopic (exact) mass is 428 g/mol. The number of hydrogen-bond donors (Lipinski definition) is 1. The van der Waals surface area contributed by atoms with Crippen LogP contribution in [0.2, 0.25) is 0 Å². The number of anilines is 1. The van der Waals surface area contributed by atoms with Crippen molar-refractivity contribution in [2.24, 2.45) is 0 Å². The van der Waals surface area contributed by atoms with Crippen LogP contribution in [0.4, 0.5) is 5.69 Å². The van der Waals surface area contributed by atoms with E-state index >= 15 is 0 Å². The molecule has 1 unspecified atom stereocenters. The number of imidazole rings is 1. The molecule has 0 saturated carbocycles. The number of nitrogens with one attached hydrogen (secondary N) is 1. The van der Waals surface area contributed by atoms with Gasteiger partial charge in [-0.05, 0) is 50.5 Å². The molecule has 8 heteroatoms. The molecule has 1 atom stereocenters. The number of aryl methyl sites for hydroxylation is 3. The molecule has 0 spiro atoms. The van der Waals surface area contributed by atoms with Crippen molar-refractivity contribution in [3.05, 3.63) is 71.9 Å². The summed E-state index contributed by atoms with van der Waals surface area (Å²) in [6, 6.07) is 13.4. The highest BCUT2D eigenvalue weighted by molar-refractivity contribution is 5.95. The number of benzene rings is 2. The van der Waals surface area contributed by atoms with E-state index in [0.717, 1.165) is 40.4 Å². The van der Waals surface area contributed by atoms with Crippen molar-refractivity contribution in [2.75, 3.05) is 12.4 Å². The molecule has 2 aromatic carbocycles. The van der Waals surface area contributed by atoms with E-state index < -0.39 is 6.04 Å². The van der Waals surface area contributed by atoms with Gasteiger partial charge in [0.1, 0.15) is 23.3 Å². The summed E-state index contributed by atoms with van der Waals surface area (Å²) < 4.78 is 9.31. The van der Waals surface area contributed by atoms with E-state index in [4.69, 9.17) is 4.74 Å². The Kier molecular flexibility index (Phi) is 4.97. The Bertz CT molecular complexity index is 1310. The molecule has 2 aromatic heterocycles. The average molecular weight is 428 g/mol. The van der Waals surface area contributed by atoms with Crippen LogP contribution in [0.15, 0.2) is 54.9 Å². The number of aromatic nitrogens is 5. The lowest BCUT2D eigenvalue weighted by atomic mass is 10.1. The van der Waals surface area contributed by atoms with Gasteiger partial charge in [-0.1, -0.05) is 29.5 Å². The molecule has 1 aliphatic heterocycles. The van der Waals surface area contributed by atoms with Gasteiger partial charge in [0.15, 0.2) is 0 Å². The quantitative estimate of drug-likeness (QED) is 0.533. The third-order valence-corrected chi connectivity index (χ3v) is 5.83. The molecule has 32 heavy (non-hydrogen) atoms. The number of hydrogen-bond acceptors (Lipinski definition) is 5. The second-order valence-corrected chi connectivity index (χ2v) is 7.97. The van der Waals surface area contributed by atoms with E-state index in [1.54, 1.807) is 11.8 Å². The zero-order chi connectivity index (χ0) is 22.2. The summed E-state index contributed by atoms with van der Waals surface area (Å²) in [5, 5.41) is 11.6. The van der Waals surface area contributed by atoms with Crippen molar-refractivity contribution in [1.82, 2.24) is 24.5 Å². The fourth-order valence-electron chi connectivity index (χ4n) is 4.21. The Morgan fingerprint density at radius 2 is 1.97 bits per heavy atom. The minimum absolute atomic E-state index is 0.0784. The second-order valence-electron chi connectivity index (χ2n) is 7.97. The van der Waals surface area contributed by atoms with Crippen LogP contribution in [0.3, 0.4) is 0 Å². The molecule has 5 rings (SSSR count). The first-order valence-corrected chi connectivity index (χ1v) is 10.6. The van der Waals surface area contributed by atoms with Crippen LogP contribution in [0.1, 0.15) is 29.5 Å². The summed E-state index contributed by atoms with van der Waals surface area (Å²) in [6.45, 7) is 3.92. The van der Waals surface area contributed by atoms with E-state index in [1.165, 1.54) is 0 Å². The summed E-state index contributed by atoms with van der Waals surface area (Å²) in [5.41, 5.74) is 5.40. The molecule has 0 saturated heterocycles. The molecule has 0 radical (unpaired) electrons. The largest absolute Gasteiger partial charge is 0.495 e. The predicted octanol–water partition coefficient (Wildman–Crippen LogP) is 3.88. The minimum atomic E-state index is -0.415. The standard InChI is InChI=1S/C24H24N6O2/c1-15-13-29(16(2)25-15)21-10-9-18(12-23(21)32-3)20-14-30(28-27-20)22-11-8-17-6-4-5-7-19(17)26-24(22)31/h4-7,9-10,12-14,22H,8,11H2,1-3H3,(H,26,31). The van der Waals surface area contributed by atoms with Crippen LogP contribution >= 0.6 is 0 Å². The number of nitrogens with zero attached hydrogens (tertiary/aromatic N) is 5. The Hall–Kier alpha value is -3.94. The Morgan fingerprint density at radius 3 is 2.75 bits per heavy atom. The van der Waals surface area contributed by atoms with Crippen molar-refractivity contribution >= 4 is 11.6 Å². The first kappa shape index (κ1) is 20.0. The number of carbonyl (C=O) groups excluding carboxylic acids is 1. The first-order valence-electron chi connectivity index (χ1n) is 10.6. The van der Waals surface area contributed by atoms with E-state index in [2.05, 4.69) is 20.6 Å². The maximum Gasteiger partial charge on any atom is 0.249 e. The molecule has 3 heterocycles. The van der Waals surface area contributed by atoms with Gasteiger partial charge in [-0.15, -0.1) is 5.10 Å². The molecule has 162 valence electrons. The smallest absolute Gasteiger partial charge is 0.249 e. The van der Waals surface area contributed by atoms with Crippen LogP contribution in [-0.2, 0) is 11.2 Å². The average Bonchev–Trinajstić information content (AvgIpc) is 3.36. The number of para-hydroxylation sites is 1. The third kappa shape index (κ3) is 3.53. The summed E-state index contributed by atoms with van der Waals surface area (Å²) >= 11 is 0. The molecule has 8 nitrogen and oxygen atoms in total. The maximum absolute atomic E-state index is 12.8. The van der Waals surface area contributed by atoms with Gasteiger partial charge in [0, 0.05) is 17.4 Å². The summed E-state index contributed by atoms with van der Waals surface area (Å²) in [6.07, 6.45) is 5.25. The van der Waals surface area contributed by atoms with Crippen LogP contribution < -0.4 is 10.1 Å². The molecular formula is C24H24N6O2. The highest BCUT2D eigenvalue weighted by atomic mass is 16.5. The van der Waals surface area contributed by atoms with Crippen molar-refractivity contribution in [3.63, 3.8) is 0 Å². The van der Waals surface area contributed by atoms with Gasteiger partial charge in [-0.2, -0.15) is 0 Å². The number of ether oxygens (including phenoxy) is 1. The second kappa shape index (κ2) is 7.96. The molecule has 0 fully saturated rings. The van der Waals surface area contributed by atoms with E-state index in [0.29, 0.717) is 17.9 Å². The maximum atomic E-state index is 12.8. The zero-order valence-electron chi connectivity index (χ0n) is 18.2. The molecule has 4 aromatic rings. The van der Waals surface area contributed by atoms with Crippen LogP contribution in [0.25, 0.3) is 16.9 Å². The van der Waals surface area contributed by atoms with Crippen LogP contribution in [0.5, 0.6) is 5.75 Å². The van der Waals surface area contributed by atoms with Crippen molar-refractivity contribution < 1.29 is 9.53 Å². The highest BCUT2D eigenvalue weighted by Crippen LogP contribution is 2.31. The normalized spacial score (nSPS) is 15.7. The molecular weight excluding hydrogens is 404 g/mol. The zero-order valence-corrected chi connectivity index (χ0v) is 18.2. The topological polar surface area (TPSA) is 86.9 Å². The number of methoxy groups -OCH3 is 1. The number of fused-ring (bicyclic) bond motifs is 1. The lowest BCUT2D eigenvalue weighted by Gasteiger charge is -2.13. The predicted molar refractivity (Wildman–Crippen MR) is 121 cm³/mol.